The molecule has 1 aromatic rings. The number of carbonyl (C=O) groups is 1. The van der Waals surface area contributed by atoms with Crippen LogP contribution in [-0.2, 0) is 16.2 Å². The highest BCUT2D eigenvalue weighted by molar-refractivity contribution is 5.68. The molecule has 1 heterocycles. The van der Waals surface area contributed by atoms with E-state index < -0.39 is 16.5 Å². The van der Waals surface area contributed by atoms with Crippen LogP contribution in [0.1, 0.15) is 6.42 Å². The summed E-state index contributed by atoms with van der Waals surface area (Å²) in [6.45, 7) is -0.0268. The quantitative estimate of drug-likeness (QED) is 0.387. The van der Waals surface area contributed by atoms with Gasteiger partial charge in [0.2, 0.25) is 0 Å². The van der Waals surface area contributed by atoms with Crippen LogP contribution in [0.5, 0.6) is 0 Å². The Kier molecular flexibility index (Phi) is 4.31. The molecule has 0 amide bonds. The monoisotopic (exact) mass is 242 g/mol. The van der Waals surface area contributed by atoms with Gasteiger partial charge in [0.25, 0.3) is 11.2 Å². The van der Waals surface area contributed by atoms with E-state index in [-0.39, 0.29) is 18.7 Å². The fourth-order valence-corrected chi connectivity index (χ4v) is 1.13. The molecule has 3 N–H and O–H groups in total. The van der Waals surface area contributed by atoms with E-state index in [9.17, 15) is 19.7 Å². The van der Waals surface area contributed by atoms with Crippen molar-refractivity contribution in [2.75, 3.05) is 0 Å². The molecule has 9 heteroatoms. The molecular formula is C8H10N4O5. The fourth-order valence-electron chi connectivity index (χ4n) is 1.13. The average molecular weight is 242 g/mol. The normalized spacial score (nSPS) is 9.94. The molecule has 0 aliphatic rings. The molecule has 0 bridgehead atoms. The van der Waals surface area contributed by atoms with Crippen LogP contribution in [0.15, 0.2) is 23.1 Å². The second-order valence-corrected chi connectivity index (χ2v) is 3.02. The number of nitrogens with one attached hydrogen (secondary N) is 1. The zero-order valence-electron chi connectivity index (χ0n) is 8.66. The first-order valence-electron chi connectivity index (χ1n) is 4.54. The Balaban J connectivity index is 2.76. The molecule has 0 aliphatic heterocycles. The molecule has 0 radical (unpaired) electrons. The van der Waals surface area contributed by atoms with Crippen molar-refractivity contribution < 1.29 is 14.6 Å². The van der Waals surface area contributed by atoms with E-state index in [4.69, 9.17) is 5.84 Å². The summed E-state index contributed by atoms with van der Waals surface area (Å²) in [5, 5.41) is 10.5. The van der Waals surface area contributed by atoms with E-state index >= 15 is 0 Å². The standard InChI is InChI=1S/C8H10N4O5/c9-10-17-8(14)3-4-11-5-6(12(15)16)1-2-7(11)13/h1-2,5,10H,3-4,9H2. The van der Waals surface area contributed by atoms with Crippen molar-refractivity contribution in [3.8, 4) is 0 Å². The molecule has 0 aliphatic carbocycles. The van der Waals surface area contributed by atoms with Gasteiger partial charge in [0, 0.05) is 18.7 Å². The minimum atomic E-state index is -0.675. The van der Waals surface area contributed by atoms with Crippen LogP contribution >= 0.6 is 0 Å². The number of hydrogen-bond donors (Lipinski definition) is 2. The summed E-state index contributed by atoms with van der Waals surface area (Å²) in [7, 11) is 0. The molecular weight excluding hydrogens is 232 g/mol. The Bertz CT molecular complexity index is 483. The summed E-state index contributed by atoms with van der Waals surface area (Å²) in [5.41, 5.74) is 1.04. The van der Waals surface area contributed by atoms with Crippen molar-refractivity contribution in [1.82, 2.24) is 10.2 Å². The molecule has 0 atom stereocenters. The van der Waals surface area contributed by atoms with Crippen LogP contribution in [0.25, 0.3) is 0 Å². The number of aryl methyl sites for hydroxylation is 1. The predicted octanol–water partition coefficient (Wildman–Crippen LogP) is -0.932. The van der Waals surface area contributed by atoms with Gasteiger partial charge in [-0.3, -0.25) is 19.7 Å². The molecule has 1 rings (SSSR count). The Morgan fingerprint density at radius 1 is 1.59 bits per heavy atom. The number of carbonyl (C=O) groups excluding carboxylic acids is 1. The summed E-state index contributed by atoms with van der Waals surface area (Å²) < 4.78 is 1.05. The Labute approximate surface area is 94.9 Å². The first-order chi connectivity index (χ1) is 8.04. The number of aromatic nitrogens is 1. The van der Waals surface area contributed by atoms with Crippen molar-refractivity contribution in [2.45, 2.75) is 13.0 Å². The highest BCUT2D eigenvalue weighted by Gasteiger charge is 2.09. The Hall–Kier alpha value is -2.26. The van der Waals surface area contributed by atoms with Crippen LogP contribution in [0.3, 0.4) is 0 Å². The molecule has 1 aromatic heterocycles. The van der Waals surface area contributed by atoms with E-state index in [1.165, 1.54) is 0 Å². The third-order valence-electron chi connectivity index (χ3n) is 1.91. The minimum Gasteiger partial charge on any atom is -0.356 e. The second kappa shape index (κ2) is 5.72. The van der Waals surface area contributed by atoms with E-state index in [1.807, 2.05) is 0 Å². The third-order valence-corrected chi connectivity index (χ3v) is 1.91. The first-order valence-corrected chi connectivity index (χ1v) is 4.54. The van der Waals surface area contributed by atoms with Crippen LogP contribution in [0.4, 0.5) is 5.69 Å². The number of rotatable bonds is 5. The lowest BCUT2D eigenvalue weighted by atomic mass is 10.3. The van der Waals surface area contributed by atoms with Crippen LogP contribution in [-0.4, -0.2) is 15.5 Å². The van der Waals surface area contributed by atoms with Gasteiger partial charge in [0.1, 0.15) is 0 Å². The van der Waals surface area contributed by atoms with Crippen molar-refractivity contribution >= 4 is 11.7 Å². The summed E-state index contributed by atoms with van der Waals surface area (Å²) in [5.74, 6) is 4.07. The second-order valence-electron chi connectivity index (χ2n) is 3.02. The zero-order valence-corrected chi connectivity index (χ0v) is 8.66. The summed E-state index contributed by atoms with van der Waals surface area (Å²) in [6, 6.07) is 2.16. The van der Waals surface area contributed by atoms with Gasteiger partial charge in [0.15, 0.2) is 0 Å². The van der Waals surface area contributed by atoms with Gasteiger partial charge in [-0.2, -0.15) is 0 Å². The number of nitrogens with zero attached hydrogens (tertiary/aromatic N) is 2. The zero-order chi connectivity index (χ0) is 12.8. The lowest BCUT2D eigenvalue weighted by molar-refractivity contribution is -0.385. The van der Waals surface area contributed by atoms with Gasteiger partial charge >= 0.3 is 5.97 Å². The SMILES string of the molecule is NNOC(=O)CCn1cc([N+](=O)[O-])ccc1=O. The molecule has 0 spiro atoms. The van der Waals surface area contributed by atoms with Gasteiger partial charge in [-0.25, -0.2) is 5.84 Å². The van der Waals surface area contributed by atoms with Crippen molar-refractivity contribution in [3.63, 3.8) is 0 Å². The minimum absolute atomic E-state index is 0.0268. The fraction of sp³-hybridized carbons (Fsp3) is 0.250. The van der Waals surface area contributed by atoms with Crippen LogP contribution < -0.4 is 17.0 Å². The van der Waals surface area contributed by atoms with E-state index in [2.05, 4.69) is 4.84 Å². The Morgan fingerprint density at radius 3 is 2.88 bits per heavy atom. The van der Waals surface area contributed by atoms with Gasteiger partial charge < -0.3 is 9.40 Å². The number of hydrazine groups is 1. The number of nitrogens with two attached hydrogens (primary N) is 1. The van der Waals surface area contributed by atoms with Crippen molar-refractivity contribution in [1.29, 1.82) is 0 Å². The lowest BCUT2D eigenvalue weighted by Gasteiger charge is -2.04. The smallest absolute Gasteiger partial charge is 0.328 e. The van der Waals surface area contributed by atoms with Gasteiger partial charge in [-0.1, -0.05) is 5.59 Å². The van der Waals surface area contributed by atoms with Crippen LogP contribution in [0.2, 0.25) is 0 Å². The number of pyridine rings is 1. The maximum Gasteiger partial charge on any atom is 0.328 e. The Morgan fingerprint density at radius 2 is 2.29 bits per heavy atom. The van der Waals surface area contributed by atoms with Gasteiger partial charge in [-0.15, -0.1) is 0 Å². The molecule has 0 saturated heterocycles. The van der Waals surface area contributed by atoms with Gasteiger partial charge in [0.05, 0.1) is 17.5 Å². The average Bonchev–Trinajstić information content (AvgIpc) is 2.28. The lowest BCUT2D eigenvalue weighted by Crippen LogP contribution is -2.28. The predicted molar refractivity (Wildman–Crippen MR) is 55.4 cm³/mol. The molecule has 17 heavy (non-hydrogen) atoms. The summed E-state index contributed by atoms with van der Waals surface area (Å²) in [6.07, 6.45) is 0.927. The largest absolute Gasteiger partial charge is 0.356 e. The maximum absolute atomic E-state index is 11.3. The summed E-state index contributed by atoms with van der Waals surface area (Å²) in [4.78, 5) is 36.3. The van der Waals surface area contributed by atoms with E-state index in [1.54, 1.807) is 5.59 Å². The van der Waals surface area contributed by atoms with E-state index in [0.29, 0.717) is 0 Å². The molecule has 92 valence electrons. The van der Waals surface area contributed by atoms with E-state index in [0.717, 1.165) is 22.9 Å². The highest BCUT2D eigenvalue weighted by atomic mass is 16.7. The molecule has 0 fully saturated rings. The van der Waals surface area contributed by atoms with Gasteiger partial charge in [-0.05, 0) is 0 Å². The van der Waals surface area contributed by atoms with Crippen molar-refractivity contribution in [3.05, 3.63) is 38.8 Å². The molecule has 0 unspecified atom stereocenters. The first kappa shape index (κ1) is 12.8. The number of hydrogen-bond acceptors (Lipinski definition) is 7. The molecule has 9 nitrogen and oxygen atoms in total. The number of nitro groups is 1. The summed E-state index contributed by atoms with van der Waals surface area (Å²) >= 11 is 0. The third kappa shape index (κ3) is 3.66. The highest BCUT2D eigenvalue weighted by Crippen LogP contribution is 2.06. The van der Waals surface area contributed by atoms with Crippen LogP contribution in [0, 0.1) is 10.1 Å². The molecule has 0 saturated carbocycles. The maximum atomic E-state index is 11.3. The topological polar surface area (TPSA) is 129 Å². The molecule has 0 aromatic carbocycles. The van der Waals surface area contributed by atoms with Crippen molar-refractivity contribution in [2.24, 2.45) is 5.84 Å².